The molecule has 0 aromatic heterocycles. The van der Waals surface area contributed by atoms with Crippen LogP contribution in [-0.4, -0.2) is 111 Å². The molecule has 1 saturated heterocycles. The highest BCUT2D eigenvalue weighted by Crippen LogP contribution is 2.29. The maximum Gasteiger partial charge on any atom is 0.329 e. The topological polar surface area (TPSA) is 261 Å². The fourth-order valence-electron chi connectivity index (χ4n) is 9.41. The van der Waals surface area contributed by atoms with Crippen molar-refractivity contribution in [1.29, 1.82) is 0 Å². The number of unbranched alkanes of at least 4 members (excludes halogenated alkanes) is 30. The lowest BCUT2D eigenvalue weighted by Gasteiger charge is -2.44. The molecular weight excluding hydrogens is 953 g/mol. The molecule has 17 heteroatoms. The number of aliphatic hydroxyl groups excluding tert-OH is 1. The van der Waals surface area contributed by atoms with Gasteiger partial charge in [-0.05, 0) is 19.3 Å². The predicted molar refractivity (Wildman–Crippen MR) is 284 cm³/mol. The quantitative estimate of drug-likeness (QED) is 0.0244. The van der Waals surface area contributed by atoms with E-state index in [4.69, 9.17) is 18.9 Å². The zero-order valence-corrected chi connectivity index (χ0v) is 46.1. The maximum absolute atomic E-state index is 13.6. The number of esters is 2. The number of nitrogens with one attached hydrogen (secondary N) is 2. The van der Waals surface area contributed by atoms with Gasteiger partial charge >= 0.3 is 29.8 Å². The number of carbonyl (C=O) groups is 7. The van der Waals surface area contributed by atoms with Gasteiger partial charge < -0.3 is 50.0 Å². The second kappa shape index (κ2) is 45.4. The van der Waals surface area contributed by atoms with Gasteiger partial charge in [0.2, 0.25) is 11.8 Å². The number of amides is 2. The van der Waals surface area contributed by atoms with Crippen LogP contribution < -0.4 is 10.6 Å². The lowest BCUT2D eigenvalue weighted by Crippen LogP contribution is -2.66. The van der Waals surface area contributed by atoms with Gasteiger partial charge in [-0.3, -0.25) is 28.8 Å². The van der Waals surface area contributed by atoms with Gasteiger partial charge in [-0.2, -0.15) is 0 Å². The van der Waals surface area contributed by atoms with E-state index in [9.17, 15) is 54.0 Å². The van der Waals surface area contributed by atoms with Crippen LogP contribution in [0.1, 0.15) is 271 Å². The Hall–Kier alpha value is -3.83. The smallest absolute Gasteiger partial charge is 0.329 e. The first-order valence-electron chi connectivity index (χ1n) is 29.3. The summed E-state index contributed by atoms with van der Waals surface area (Å²) in [5.41, 5.74) is 0. The molecule has 17 nitrogen and oxygen atoms in total. The molecule has 2 amide bonds. The van der Waals surface area contributed by atoms with Gasteiger partial charge in [0, 0.05) is 19.3 Å². The summed E-state index contributed by atoms with van der Waals surface area (Å²) in [4.78, 5) is 89.2. The minimum absolute atomic E-state index is 0.0257. The molecule has 0 spiro atoms. The van der Waals surface area contributed by atoms with Crippen molar-refractivity contribution in [2.24, 2.45) is 0 Å². The number of aliphatic hydroxyl groups is 1. The molecule has 6 atom stereocenters. The Morgan fingerprint density at radius 2 is 0.851 bits per heavy atom. The van der Waals surface area contributed by atoms with Crippen LogP contribution in [0.5, 0.6) is 0 Å². The zero-order chi connectivity index (χ0) is 54.6. The molecule has 6 N–H and O–H groups in total. The summed E-state index contributed by atoms with van der Waals surface area (Å²) in [6.07, 6.45) is 24.7. The molecular formula is C57H102N2O15. The molecule has 0 aromatic rings. The lowest BCUT2D eigenvalue weighted by molar-refractivity contribution is -0.286. The molecule has 0 radical (unpaired) electrons. The predicted octanol–water partition coefficient (Wildman–Crippen LogP) is 11.4. The van der Waals surface area contributed by atoms with E-state index in [2.05, 4.69) is 31.4 Å². The highest BCUT2D eigenvalue weighted by molar-refractivity contribution is 5.87. The van der Waals surface area contributed by atoms with Gasteiger partial charge in [-0.1, -0.05) is 213 Å². The second-order valence-electron chi connectivity index (χ2n) is 20.7. The van der Waals surface area contributed by atoms with Crippen molar-refractivity contribution in [2.75, 3.05) is 6.61 Å². The summed E-state index contributed by atoms with van der Waals surface area (Å²) >= 11 is 0. The van der Waals surface area contributed by atoms with Crippen LogP contribution in [0, 0.1) is 0 Å². The SMILES string of the molecule is CCCCCCCCCCCCCC(=O)N[C@H]1[C@@H](OC(CC(=O)O)CC(=O)O)O[C@H](COC(=O)[C@@H](CC(=O)O)NC(=O)CCCCCCCCCCCCC)[C@@H](O)[C@@H]1OC(=O)CCCCCCCCCCCCC. The summed E-state index contributed by atoms with van der Waals surface area (Å²) in [5, 5.41) is 46.1. The summed E-state index contributed by atoms with van der Waals surface area (Å²) in [7, 11) is 0. The fourth-order valence-corrected chi connectivity index (χ4v) is 9.41. The molecule has 74 heavy (non-hydrogen) atoms. The van der Waals surface area contributed by atoms with Gasteiger partial charge in [0.05, 0.1) is 25.4 Å². The number of hydrogen-bond acceptors (Lipinski definition) is 12. The molecule has 0 unspecified atom stereocenters. The van der Waals surface area contributed by atoms with Crippen LogP contribution in [-0.2, 0) is 52.5 Å². The van der Waals surface area contributed by atoms with Crippen molar-refractivity contribution >= 4 is 41.7 Å². The third kappa shape index (κ3) is 36.2. The molecule has 1 aliphatic heterocycles. The molecule has 1 fully saturated rings. The minimum Gasteiger partial charge on any atom is -0.481 e. The van der Waals surface area contributed by atoms with Gasteiger partial charge in [-0.25, -0.2) is 4.79 Å². The van der Waals surface area contributed by atoms with Crippen molar-refractivity contribution < 1.29 is 72.9 Å². The summed E-state index contributed by atoms with van der Waals surface area (Å²) < 4.78 is 23.4. The van der Waals surface area contributed by atoms with E-state index in [1.807, 2.05) is 0 Å². The van der Waals surface area contributed by atoms with Crippen LogP contribution in [0.2, 0.25) is 0 Å². The number of aliphatic carboxylic acids is 3. The molecule has 0 saturated carbocycles. The van der Waals surface area contributed by atoms with E-state index in [1.165, 1.54) is 109 Å². The van der Waals surface area contributed by atoms with Crippen LogP contribution in [0.25, 0.3) is 0 Å². The molecule has 430 valence electrons. The zero-order valence-electron chi connectivity index (χ0n) is 46.1. The average Bonchev–Trinajstić information content (AvgIpc) is 3.34. The highest BCUT2D eigenvalue weighted by atomic mass is 16.7. The van der Waals surface area contributed by atoms with Crippen LogP contribution in [0.15, 0.2) is 0 Å². The van der Waals surface area contributed by atoms with E-state index >= 15 is 0 Å². The van der Waals surface area contributed by atoms with Gasteiger partial charge in [-0.15, -0.1) is 0 Å². The lowest BCUT2D eigenvalue weighted by atomic mass is 9.95. The Bertz CT molecular complexity index is 1500. The Balaban J connectivity index is 3.18. The van der Waals surface area contributed by atoms with Crippen molar-refractivity contribution in [3.05, 3.63) is 0 Å². The van der Waals surface area contributed by atoms with Crippen LogP contribution in [0.3, 0.4) is 0 Å². The highest BCUT2D eigenvalue weighted by Gasteiger charge is 2.50. The minimum atomic E-state index is -1.79. The number of rotatable bonds is 50. The Morgan fingerprint density at radius 3 is 1.24 bits per heavy atom. The Labute approximate surface area is 444 Å². The monoisotopic (exact) mass is 1050 g/mol. The summed E-state index contributed by atoms with van der Waals surface area (Å²) in [6.45, 7) is 5.80. The summed E-state index contributed by atoms with van der Waals surface area (Å²) in [5.74, 6) is -7.05. The van der Waals surface area contributed by atoms with E-state index in [1.54, 1.807) is 0 Å². The van der Waals surface area contributed by atoms with Crippen molar-refractivity contribution in [2.45, 2.75) is 314 Å². The molecule has 0 aliphatic carbocycles. The Morgan fingerprint density at radius 1 is 0.486 bits per heavy atom. The second-order valence-corrected chi connectivity index (χ2v) is 20.7. The van der Waals surface area contributed by atoms with E-state index in [0.717, 1.165) is 83.5 Å². The number of carbonyl (C=O) groups excluding carboxylic acids is 4. The number of carboxylic acids is 3. The fraction of sp³-hybridized carbons (Fsp3) is 0.877. The molecule has 1 heterocycles. The van der Waals surface area contributed by atoms with Crippen LogP contribution >= 0.6 is 0 Å². The normalized spacial score (nSPS) is 17.9. The molecule has 0 aromatic carbocycles. The average molecular weight is 1060 g/mol. The number of carboxylic acid groups (broad SMARTS) is 3. The third-order valence-corrected chi connectivity index (χ3v) is 13.8. The van der Waals surface area contributed by atoms with Gasteiger partial charge in [0.15, 0.2) is 12.4 Å². The van der Waals surface area contributed by atoms with Crippen molar-refractivity contribution in [3.8, 4) is 0 Å². The maximum atomic E-state index is 13.6. The van der Waals surface area contributed by atoms with Gasteiger partial charge in [0.25, 0.3) is 0 Å². The largest absolute Gasteiger partial charge is 0.481 e. The molecule has 1 rings (SSSR count). The van der Waals surface area contributed by atoms with Crippen molar-refractivity contribution in [3.63, 3.8) is 0 Å². The van der Waals surface area contributed by atoms with Crippen molar-refractivity contribution in [1.82, 2.24) is 10.6 Å². The van der Waals surface area contributed by atoms with E-state index in [-0.39, 0.29) is 19.3 Å². The van der Waals surface area contributed by atoms with E-state index < -0.39 is 110 Å². The first-order valence-corrected chi connectivity index (χ1v) is 29.3. The van der Waals surface area contributed by atoms with Crippen LogP contribution in [0.4, 0.5) is 0 Å². The number of ether oxygens (including phenoxy) is 4. The number of hydrogen-bond donors (Lipinski definition) is 6. The third-order valence-electron chi connectivity index (χ3n) is 13.8. The van der Waals surface area contributed by atoms with E-state index in [0.29, 0.717) is 19.3 Å². The van der Waals surface area contributed by atoms with Gasteiger partial charge in [0.1, 0.15) is 30.9 Å². The molecule has 0 bridgehead atoms. The standard InChI is InChI=1S/C57H102N2O15/c1-4-7-10-13-16-19-22-25-28-31-34-37-47(60)58-45(42-51(66)67)56(70)71-43-46-54(69)55(74-52(68)39-36-33-30-27-24-21-18-15-12-9-6-3)53(57(73-46)72-44(40-49(62)63)41-50(64)65)59-48(61)38-35-32-29-26-23-20-17-14-11-8-5-2/h44-46,53-55,57,69H,4-43H2,1-3H3,(H,58,60)(H,59,61)(H,62,63)(H,64,65)(H,66,67)/t45-,46-,53-,54-,55-,57+/m1/s1. The molecule has 1 aliphatic rings. The Kier molecular flexibility index (Phi) is 41.8. The first-order chi connectivity index (χ1) is 35.7. The first kappa shape index (κ1) is 68.2. The summed E-state index contributed by atoms with van der Waals surface area (Å²) in [6, 6.07) is -3.06.